The predicted octanol–water partition coefficient (Wildman–Crippen LogP) is -1.13. The molecule has 18 heavy (non-hydrogen) atoms. The second-order valence-corrected chi connectivity index (χ2v) is 4.09. The number of nitrogen functional groups attached to an aromatic ring is 1. The van der Waals surface area contributed by atoms with Gasteiger partial charge in [0.05, 0.1) is 0 Å². The lowest BCUT2D eigenvalue weighted by Crippen LogP contribution is -2.40. The van der Waals surface area contributed by atoms with Gasteiger partial charge in [-0.25, -0.2) is 4.79 Å². The number of hydrogen-bond acceptors (Lipinski definition) is 7. The Hall–Kier alpha value is -2.06. The number of anilines is 1. The largest absolute Gasteiger partial charge is 0.506 e. The van der Waals surface area contributed by atoms with Gasteiger partial charge in [0.15, 0.2) is 17.1 Å². The Balaban J connectivity index is 2.46. The average molecular weight is 255 g/mol. The molecule has 0 saturated heterocycles. The van der Waals surface area contributed by atoms with Crippen molar-refractivity contribution in [3.8, 4) is 0 Å². The highest BCUT2D eigenvalue weighted by Gasteiger charge is 2.48. The molecule has 0 spiro atoms. The van der Waals surface area contributed by atoms with E-state index in [1.54, 1.807) is 0 Å². The first-order valence-electron chi connectivity index (χ1n) is 5.15. The topological polar surface area (TPSA) is 131 Å². The molecule has 0 bridgehead atoms. The average Bonchev–Trinajstić information content (AvgIpc) is 2.52. The van der Waals surface area contributed by atoms with Gasteiger partial charge in [-0.3, -0.25) is 4.57 Å². The van der Waals surface area contributed by atoms with Crippen LogP contribution in [0.25, 0.3) is 0 Å². The third-order valence-electron chi connectivity index (χ3n) is 2.73. The molecule has 5 N–H and O–H groups in total. The van der Waals surface area contributed by atoms with Crippen LogP contribution >= 0.6 is 0 Å². The van der Waals surface area contributed by atoms with Gasteiger partial charge in [0.1, 0.15) is 12.4 Å². The van der Waals surface area contributed by atoms with Crippen molar-refractivity contribution in [1.82, 2.24) is 9.55 Å². The van der Waals surface area contributed by atoms with Crippen LogP contribution in [0.5, 0.6) is 0 Å². The van der Waals surface area contributed by atoms with E-state index in [-0.39, 0.29) is 11.6 Å². The second kappa shape index (κ2) is 4.00. The first kappa shape index (κ1) is 12.4. The molecule has 0 amide bonds. The van der Waals surface area contributed by atoms with Crippen LogP contribution in [0, 0.1) is 0 Å². The van der Waals surface area contributed by atoms with Gasteiger partial charge in [0.25, 0.3) is 0 Å². The molecule has 0 fully saturated rings. The zero-order valence-corrected chi connectivity index (χ0v) is 9.57. The van der Waals surface area contributed by atoms with Crippen molar-refractivity contribution in [2.75, 3.05) is 12.3 Å². The fourth-order valence-corrected chi connectivity index (χ4v) is 1.75. The fourth-order valence-electron chi connectivity index (χ4n) is 1.75. The molecule has 2 atom stereocenters. The highest BCUT2D eigenvalue weighted by Crippen LogP contribution is 2.38. The summed E-state index contributed by atoms with van der Waals surface area (Å²) in [6, 6.07) is 1.36. The van der Waals surface area contributed by atoms with Crippen molar-refractivity contribution < 1.29 is 20.1 Å². The van der Waals surface area contributed by atoms with E-state index in [1.807, 2.05) is 0 Å². The van der Waals surface area contributed by atoms with Crippen LogP contribution in [-0.4, -0.2) is 37.1 Å². The molecule has 1 aliphatic rings. The van der Waals surface area contributed by atoms with Gasteiger partial charge in [0, 0.05) is 6.20 Å². The minimum atomic E-state index is -1.83. The summed E-state index contributed by atoms with van der Waals surface area (Å²) < 4.78 is 6.14. The Morgan fingerprint density at radius 2 is 2.33 bits per heavy atom. The third kappa shape index (κ3) is 1.71. The van der Waals surface area contributed by atoms with Crippen LogP contribution < -0.4 is 11.4 Å². The van der Waals surface area contributed by atoms with Crippen LogP contribution in [0.15, 0.2) is 28.6 Å². The van der Waals surface area contributed by atoms with Gasteiger partial charge < -0.3 is 25.8 Å². The van der Waals surface area contributed by atoms with Gasteiger partial charge in [-0.2, -0.15) is 4.98 Å². The molecule has 0 aliphatic carbocycles. The summed E-state index contributed by atoms with van der Waals surface area (Å²) in [5.41, 5.74) is 2.78. The van der Waals surface area contributed by atoms with Crippen LogP contribution in [0.1, 0.15) is 13.2 Å². The zero-order valence-electron chi connectivity index (χ0n) is 9.57. The van der Waals surface area contributed by atoms with Crippen molar-refractivity contribution in [2.24, 2.45) is 0 Å². The summed E-state index contributed by atoms with van der Waals surface area (Å²) in [4.78, 5) is 15.1. The van der Waals surface area contributed by atoms with Crippen LogP contribution in [0.4, 0.5) is 5.82 Å². The van der Waals surface area contributed by atoms with Gasteiger partial charge in [-0.15, -0.1) is 0 Å². The Morgan fingerprint density at radius 1 is 1.67 bits per heavy atom. The molecule has 0 aromatic carbocycles. The van der Waals surface area contributed by atoms with Gasteiger partial charge in [-0.05, 0) is 13.0 Å². The molecule has 2 heterocycles. The van der Waals surface area contributed by atoms with E-state index in [0.29, 0.717) is 0 Å². The fraction of sp³-hybridized carbons (Fsp3) is 0.400. The smallest absolute Gasteiger partial charge is 0.352 e. The first-order chi connectivity index (χ1) is 8.37. The van der Waals surface area contributed by atoms with Crippen molar-refractivity contribution in [2.45, 2.75) is 18.8 Å². The lowest BCUT2D eigenvalue weighted by atomic mass is 10.0. The van der Waals surface area contributed by atoms with E-state index in [0.717, 1.165) is 4.57 Å². The highest BCUT2D eigenvalue weighted by atomic mass is 16.6. The number of nitrogens with two attached hydrogens (primary N) is 1. The number of ether oxygens (including phenoxy) is 1. The van der Waals surface area contributed by atoms with Gasteiger partial charge in [0.2, 0.25) is 6.23 Å². The van der Waals surface area contributed by atoms with E-state index in [2.05, 4.69) is 4.98 Å². The van der Waals surface area contributed by atoms with Crippen molar-refractivity contribution in [3.63, 3.8) is 0 Å². The summed E-state index contributed by atoms with van der Waals surface area (Å²) in [5, 5.41) is 28.8. The molecule has 0 radical (unpaired) electrons. The Morgan fingerprint density at radius 3 is 2.83 bits per heavy atom. The number of rotatable bonds is 2. The molecule has 1 aromatic heterocycles. The van der Waals surface area contributed by atoms with Crippen molar-refractivity contribution >= 4 is 5.82 Å². The predicted molar refractivity (Wildman–Crippen MR) is 60.4 cm³/mol. The van der Waals surface area contributed by atoms with Crippen molar-refractivity contribution in [3.05, 3.63) is 34.3 Å². The zero-order chi connectivity index (χ0) is 13.5. The number of hydrogen-bond donors (Lipinski definition) is 4. The molecular weight excluding hydrogens is 242 g/mol. The number of aliphatic hydroxyl groups excluding tert-OH is 2. The maximum atomic E-state index is 11.6. The van der Waals surface area contributed by atoms with E-state index in [9.17, 15) is 15.0 Å². The van der Waals surface area contributed by atoms with E-state index >= 15 is 0 Å². The summed E-state index contributed by atoms with van der Waals surface area (Å²) in [6.45, 7) is 0.675. The first-order valence-corrected chi connectivity index (χ1v) is 5.15. The van der Waals surface area contributed by atoms with E-state index in [4.69, 9.17) is 15.6 Å². The highest BCUT2D eigenvalue weighted by molar-refractivity contribution is 5.25. The standard InChI is InChI=1S/C10H13N3O5/c1-10(17)7(15)5(4-14)18-8(10)13-3-2-6(11)12-9(13)16/h2-3,8,14-15,17H,4H2,1H3,(H2,11,12,16)/t8-,10?/m1/s1. The molecule has 1 aromatic rings. The normalized spacial score (nSPS) is 27.4. The molecule has 8 nitrogen and oxygen atoms in total. The number of nitrogens with zero attached hydrogens (tertiary/aromatic N) is 2. The summed E-state index contributed by atoms with van der Waals surface area (Å²) in [6.07, 6.45) is 0.0810. The lowest BCUT2D eigenvalue weighted by molar-refractivity contribution is -0.0784. The molecule has 1 unspecified atom stereocenters. The molecule has 1 aliphatic heterocycles. The SMILES string of the molecule is CC1(O)C(O)=C(CO)O[C@H]1n1ccc(N)nc1=O. The van der Waals surface area contributed by atoms with Crippen LogP contribution in [0.3, 0.4) is 0 Å². The van der Waals surface area contributed by atoms with Gasteiger partial charge >= 0.3 is 5.69 Å². The Bertz CT molecular complexity index is 563. The third-order valence-corrected chi connectivity index (χ3v) is 2.73. The summed E-state index contributed by atoms with van der Waals surface area (Å²) in [7, 11) is 0. The van der Waals surface area contributed by atoms with E-state index in [1.165, 1.54) is 19.2 Å². The van der Waals surface area contributed by atoms with Gasteiger partial charge in [-0.1, -0.05) is 0 Å². The van der Waals surface area contributed by atoms with E-state index < -0.39 is 29.9 Å². The quantitative estimate of drug-likeness (QED) is 0.525. The minimum absolute atomic E-state index is 0.0356. The Labute approximate surface area is 102 Å². The molecule has 2 rings (SSSR count). The summed E-state index contributed by atoms with van der Waals surface area (Å²) in [5.74, 6) is -0.666. The molecule has 8 heteroatoms. The second-order valence-electron chi connectivity index (χ2n) is 4.09. The van der Waals surface area contributed by atoms with Crippen LogP contribution in [-0.2, 0) is 4.74 Å². The number of aromatic nitrogens is 2. The molecular formula is C10H13N3O5. The monoisotopic (exact) mass is 255 g/mol. The molecule has 0 saturated carbocycles. The molecule has 98 valence electrons. The van der Waals surface area contributed by atoms with Crippen molar-refractivity contribution in [1.29, 1.82) is 0 Å². The Kier molecular flexibility index (Phi) is 2.76. The minimum Gasteiger partial charge on any atom is -0.506 e. The summed E-state index contributed by atoms with van der Waals surface area (Å²) >= 11 is 0. The van der Waals surface area contributed by atoms with Crippen LogP contribution in [0.2, 0.25) is 0 Å². The lowest BCUT2D eigenvalue weighted by Gasteiger charge is -2.25. The maximum absolute atomic E-state index is 11.6. The number of aliphatic hydroxyl groups is 3. The maximum Gasteiger partial charge on any atom is 0.352 e.